The minimum atomic E-state index is -1.69. The van der Waals surface area contributed by atoms with Gasteiger partial charge in [-0.1, -0.05) is 12.1 Å². The number of hydrogen-bond donors (Lipinski definition) is 2. The van der Waals surface area contributed by atoms with E-state index in [0.29, 0.717) is 0 Å². The highest BCUT2D eigenvalue weighted by Crippen LogP contribution is 2.25. The van der Waals surface area contributed by atoms with Gasteiger partial charge in [0, 0.05) is 12.1 Å². The molecule has 2 aromatic heterocycles. The van der Waals surface area contributed by atoms with Gasteiger partial charge in [0.25, 0.3) is 0 Å². The molecular formula is C23H15FO10. The third-order valence-electron chi connectivity index (χ3n) is 4.69. The van der Waals surface area contributed by atoms with Crippen molar-refractivity contribution in [1.82, 2.24) is 0 Å². The molecule has 10 nitrogen and oxygen atoms in total. The van der Waals surface area contributed by atoms with Crippen LogP contribution in [-0.2, 0) is 0 Å². The van der Waals surface area contributed by atoms with Crippen molar-refractivity contribution in [2.45, 2.75) is 6.17 Å². The smallest absolute Gasteiger partial charge is 0.371 e. The highest BCUT2D eigenvalue weighted by Gasteiger charge is 2.18. The van der Waals surface area contributed by atoms with Gasteiger partial charge in [-0.05, 0) is 24.3 Å². The van der Waals surface area contributed by atoms with Crippen molar-refractivity contribution in [3.05, 3.63) is 80.5 Å². The van der Waals surface area contributed by atoms with Crippen molar-refractivity contribution in [3.63, 3.8) is 0 Å². The summed E-state index contributed by atoms with van der Waals surface area (Å²) in [5, 5.41) is 17.9. The third kappa shape index (κ3) is 4.44. The van der Waals surface area contributed by atoms with Gasteiger partial charge in [0.1, 0.15) is 46.7 Å². The minimum absolute atomic E-state index is 0.00200. The van der Waals surface area contributed by atoms with Crippen molar-refractivity contribution >= 4 is 33.9 Å². The van der Waals surface area contributed by atoms with E-state index in [4.69, 9.17) is 28.5 Å². The van der Waals surface area contributed by atoms with Crippen molar-refractivity contribution < 1.29 is 42.5 Å². The Labute approximate surface area is 188 Å². The monoisotopic (exact) mass is 470 g/mol. The number of ether oxygens (including phenoxy) is 2. The summed E-state index contributed by atoms with van der Waals surface area (Å²) in [7, 11) is 0. The Morgan fingerprint density at radius 1 is 0.794 bits per heavy atom. The van der Waals surface area contributed by atoms with Crippen molar-refractivity contribution in [2.24, 2.45) is 0 Å². The molecule has 0 amide bonds. The number of carboxylic acids is 2. The third-order valence-corrected chi connectivity index (χ3v) is 4.69. The summed E-state index contributed by atoms with van der Waals surface area (Å²) in [5.41, 5.74) is -1.39. The second kappa shape index (κ2) is 9.06. The zero-order valence-electron chi connectivity index (χ0n) is 17.1. The Morgan fingerprint density at radius 3 is 1.59 bits per heavy atom. The standard InChI is InChI=1S/C23H15FO10/c24-11(9-31-14-3-1-5-16-20(14)12(25)7-18(33-16)22(27)28)10-32-15-4-2-6-17-21(15)13(26)8-19(34-17)23(29)30/h1-8,11H,9-10H2,(H,27,28)(H,29,30). The van der Waals surface area contributed by atoms with E-state index in [9.17, 15) is 23.6 Å². The SMILES string of the molecule is O=C(O)c1cc(=O)c2c(OCC(F)COc3cccc4oc(C(=O)O)cc(=O)c34)cccc2o1. The molecule has 2 aromatic carbocycles. The molecular weight excluding hydrogens is 455 g/mol. The molecule has 0 unspecified atom stereocenters. The predicted octanol–water partition coefficient (Wildman–Crippen LogP) is 3.09. The Hall–Kier alpha value is -4.67. The van der Waals surface area contributed by atoms with Gasteiger partial charge < -0.3 is 28.5 Å². The van der Waals surface area contributed by atoms with Crippen LogP contribution < -0.4 is 20.3 Å². The van der Waals surface area contributed by atoms with E-state index in [1.54, 1.807) is 0 Å². The Morgan fingerprint density at radius 2 is 1.21 bits per heavy atom. The van der Waals surface area contributed by atoms with E-state index in [1.165, 1.54) is 36.4 Å². The van der Waals surface area contributed by atoms with E-state index < -0.39 is 53.7 Å². The summed E-state index contributed by atoms with van der Waals surface area (Å²) >= 11 is 0. The van der Waals surface area contributed by atoms with E-state index in [2.05, 4.69) is 0 Å². The van der Waals surface area contributed by atoms with Crippen LogP contribution in [-0.4, -0.2) is 41.5 Å². The normalized spacial score (nSPS) is 11.1. The maximum Gasteiger partial charge on any atom is 0.371 e. The van der Waals surface area contributed by atoms with Crippen LogP contribution in [0.25, 0.3) is 21.9 Å². The zero-order valence-corrected chi connectivity index (χ0v) is 17.1. The van der Waals surface area contributed by atoms with Gasteiger partial charge >= 0.3 is 11.9 Å². The van der Waals surface area contributed by atoms with Gasteiger partial charge in [-0.25, -0.2) is 14.0 Å². The first-order valence-corrected chi connectivity index (χ1v) is 9.74. The molecule has 0 spiro atoms. The number of rotatable bonds is 8. The van der Waals surface area contributed by atoms with Gasteiger partial charge in [-0.15, -0.1) is 0 Å². The average molecular weight is 470 g/mol. The van der Waals surface area contributed by atoms with Crippen LogP contribution >= 0.6 is 0 Å². The molecule has 0 aliphatic heterocycles. The lowest BCUT2D eigenvalue weighted by Gasteiger charge is -2.14. The molecule has 174 valence electrons. The molecule has 0 saturated carbocycles. The Balaban J connectivity index is 1.49. The van der Waals surface area contributed by atoms with Crippen LogP contribution in [0, 0.1) is 0 Å². The quantitative estimate of drug-likeness (QED) is 0.393. The number of halogens is 1. The topological polar surface area (TPSA) is 153 Å². The minimum Gasteiger partial charge on any atom is -0.489 e. The fourth-order valence-electron chi connectivity index (χ4n) is 3.22. The molecule has 0 bridgehead atoms. The fourth-order valence-corrected chi connectivity index (χ4v) is 3.22. The molecule has 11 heteroatoms. The molecule has 34 heavy (non-hydrogen) atoms. The van der Waals surface area contributed by atoms with Crippen molar-refractivity contribution in [2.75, 3.05) is 13.2 Å². The summed E-state index contributed by atoms with van der Waals surface area (Å²) in [6.45, 7) is -1.05. The van der Waals surface area contributed by atoms with Crippen LogP contribution in [0.15, 0.2) is 67.0 Å². The van der Waals surface area contributed by atoms with Gasteiger partial charge in [-0.2, -0.15) is 0 Å². The molecule has 0 aliphatic carbocycles. The van der Waals surface area contributed by atoms with Crippen LogP contribution in [0.3, 0.4) is 0 Å². The van der Waals surface area contributed by atoms with Gasteiger partial charge in [-0.3, -0.25) is 9.59 Å². The fraction of sp³-hybridized carbons (Fsp3) is 0.130. The summed E-state index contributed by atoms with van der Waals surface area (Å²) < 4.78 is 35.6. The summed E-state index contributed by atoms with van der Waals surface area (Å²) in [4.78, 5) is 46.7. The zero-order chi connectivity index (χ0) is 24.4. The molecule has 0 atom stereocenters. The number of fused-ring (bicyclic) bond motifs is 2. The van der Waals surface area contributed by atoms with Gasteiger partial charge in [0.05, 0.1) is 0 Å². The lowest BCUT2D eigenvalue weighted by molar-refractivity contribution is 0.0653. The second-order valence-electron chi connectivity index (χ2n) is 7.04. The van der Waals surface area contributed by atoms with Crippen molar-refractivity contribution in [3.8, 4) is 11.5 Å². The number of aromatic carboxylic acids is 2. The molecule has 0 saturated heterocycles. The van der Waals surface area contributed by atoms with Crippen LogP contribution in [0.2, 0.25) is 0 Å². The number of alkyl halides is 1. The Bertz CT molecular complexity index is 1420. The van der Waals surface area contributed by atoms with Gasteiger partial charge in [0.15, 0.2) is 17.0 Å². The van der Waals surface area contributed by atoms with E-state index >= 15 is 0 Å². The molecule has 4 aromatic rings. The molecule has 4 rings (SSSR count). The largest absolute Gasteiger partial charge is 0.489 e. The lowest BCUT2D eigenvalue weighted by atomic mass is 10.2. The highest BCUT2D eigenvalue weighted by molar-refractivity contribution is 5.90. The first-order valence-electron chi connectivity index (χ1n) is 9.74. The number of hydrogen-bond acceptors (Lipinski definition) is 8. The van der Waals surface area contributed by atoms with E-state index in [-0.39, 0.29) is 33.4 Å². The predicted molar refractivity (Wildman–Crippen MR) is 115 cm³/mol. The van der Waals surface area contributed by atoms with Crippen LogP contribution in [0.5, 0.6) is 11.5 Å². The average Bonchev–Trinajstić information content (AvgIpc) is 2.80. The molecule has 0 radical (unpaired) electrons. The molecule has 0 fully saturated rings. The lowest BCUT2D eigenvalue weighted by Crippen LogP contribution is -2.22. The van der Waals surface area contributed by atoms with Gasteiger partial charge in [0.2, 0.25) is 11.5 Å². The molecule has 2 heterocycles. The number of carbonyl (C=O) groups is 2. The molecule has 2 N–H and O–H groups in total. The van der Waals surface area contributed by atoms with E-state index in [0.717, 1.165) is 12.1 Å². The Kier molecular flexibility index (Phi) is 6.00. The first kappa shape index (κ1) is 22.5. The molecule has 0 aliphatic rings. The van der Waals surface area contributed by atoms with Crippen molar-refractivity contribution in [1.29, 1.82) is 0 Å². The summed E-state index contributed by atoms with van der Waals surface area (Å²) in [5.74, 6) is -3.90. The summed E-state index contributed by atoms with van der Waals surface area (Å²) in [6, 6.07) is 10.1. The highest BCUT2D eigenvalue weighted by atomic mass is 19.1. The number of benzene rings is 2. The van der Waals surface area contributed by atoms with Crippen LogP contribution in [0.4, 0.5) is 4.39 Å². The van der Waals surface area contributed by atoms with E-state index in [1.807, 2.05) is 0 Å². The number of carboxylic acid groups (broad SMARTS) is 2. The second-order valence-corrected chi connectivity index (χ2v) is 7.04. The maximum absolute atomic E-state index is 14.5. The summed E-state index contributed by atoms with van der Waals surface area (Å²) in [6.07, 6.45) is -1.69. The van der Waals surface area contributed by atoms with Crippen LogP contribution in [0.1, 0.15) is 21.1 Å². The maximum atomic E-state index is 14.5. The first-order chi connectivity index (χ1) is 16.2.